The second-order valence-electron chi connectivity index (χ2n) is 9.21. The SMILES string of the molecule is CC(C)(C)OC(=O)N1CC([C@@H]2C[C@H]2COCCCCO[C@H]2C[C@@H](O)C2)C1. The third-order valence-corrected chi connectivity index (χ3v) is 5.58. The Bertz CT molecular complexity index is 465. The van der Waals surface area contributed by atoms with Gasteiger partial charge in [0.15, 0.2) is 0 Å². The average Bonchev–Trinajstić information content (AvgIpc) is 3.19. The van der Waals surface area contributed by atoms with Crippen molar-refractivity contribution >= 4 is 6.09 Å². The number of likely N-dealkylation sites (tertiary alicyclic amines) is 1. The summed E-state index contributed by atoms with van der Waals surface area (Å²) < 4.78 is 16.9. The Morgan fingerprint density at radius 1 is 1.12 bits per heavy atom. The lowest BCUT2D eigenvalue weighted by Crippen LogP contribution is -2.52. The Labute approximate surface area is 157 Å². The number of carbonyl (C=O) groups is 1. The number of carbonyl (C=O) groups excluding carboxylic acids is 1. The molecule has 0 aromatic heterocycles. The molecule has 2 aliphatic carbocycles. The number of aliphatic hydroxyl groups is 1. The van der Waals surface area contributed by atoms with Crippen molar-refractivity contribution in [1.82, 2.24) is 4.90 Å². The lowest BCUT2D eigenvalue weighted by atomic mass is 9.92. The minimum Gasteiger partial charge on any atom is -0.444 e. The van der Waals surface area contributed by atoms with Crippen molar-refractivity contribution in [2.45, 2.75) is 70.7 Å². The van der Waals surface area contributed by atoms with E-state index >= 15 is 0 Å². The zero-order chi connectivity index (χ0) is 18.7. The monoisotopic (exact) mass is 369 g/mol. The predicted molar refractivity (Wildman–Crippen MR) is 97.9 cm³/mol. The topological polar surface area (TPSA) is 68.2 Å². The molecule has 6 nitrogen and oxygen atoms in total. The lowest BCUT2D eigenvalue weighted by Gasteiger charge is -2.40. The van der Waals surface area contributed by atoms with Gasteiger partial charge in [-0.25, -0.2) is 4.79 Å². The molecule has 1 aliphatic heterocycles. The van der Waals surface area contributed by atoms with E-state index in [9.17, 15) is 9.90 Å². The standard InChI is InChI=1S/C20H35NO5/c1-20(2,3)26-19(23)21-11-15(12-21)18-8-14(18)13-24-6-4-5-7-25-17-9-16(22)10-17/h14-18,22H,4-13H2,1-3H3/t14-,16-,17+,18+/m0/s1. The van der Waals surface area contributed by atoms with Gasteiger partial charge in [0.05, 0.1) is 12.2 Å². The largest absolute Gasteiger partial charge is 0.444 e. The van der Waals surface area contributed by atoms with Crippen LogP contribution in [-0.2, 0) is 14.2 Å². The van der Waals surface area contributed by atoms with Gasteiger partial charge >= 0.3 is 6.09 Å². The Balaban J connectivity index is 1.14. The van der Waals surface area contributed by atoms with Crippen molar-refractivity contribution < 1.29 is 24.1 Å². The fourth-order valence-corrected chi connectivity index (χ4v) is 3.76. The van der Waals surface area contributed by atoms with Crippen LogP contribution in [0.3, 0.4) is 0 Å². The van der Waals surface area contributed by atoms with E-state index in [0.29, 0.717) is 11.8 Å². The van der Waals surface area contributed by atoms with Gasteiger partial charge in [0, 0.05) is 32.9 Å². The van der Waals surface area contributed by atoms with Crippen molar-refractivity contribution in [2.24, 2.45) is 17.8 Å². The quantitative estimate of drug-likeness (QED) is 0.633. The number of aliphatic hydroxyl groups excluding tert-OH is 1. The van der Waals surface area contributed by atoms with Crippen molar-refractivity contribution in [3.8, 4) is 0 Å². The summed E-state index contributed by atoms with van der Waals surface area (Å²) in [5.41, 5.74) is -0.414. The van der Waals surface area contributed by atoms with Crippen LogP contribution < -0.4 is 0 Å². The van der Waals surface area contributed by atoms with Crippen LogP contribution in [-0.4, -0.2) is 66.8 Å². The maximum absolute atomic E-state index is 11.9. The molecule has 0 bridgehead atoms. The summed E-state index contributed by atoms with van der Waals surface area (Å²) in [4.78, 5) is 13.8. The van der Waals surface area contributed by atoms with Crippen LogP contribution in [0.1, 0.15) is 52.9 Å². The van der Waals surface area contributed by atoms with Crippen LogP contribution >= 0.6 is 0 Å². The van der Waals surface area contributed by atoms with Gasteiger partial charge in [-0.15, -0.1) is 0 Å². The number of amides is 1. The first-order chi connectivity index (χ1) is 12.3. The number of hydrogen-bond acceptors (Lipinski definition) is 5. The molecule has 0 aromatic rings. The maximum atomic E-state index is 11.9. The van der Waals surface area contributed by atoms with Crippen molar-refractivity contribution in [2.75, 3.05) is 32.9 Å². The molecule has 1 heterocycles. The van der Waals surface area contributed by atoms with Crippen molar-refractivity contribution in [1.29, 1.82) is 0 Å². The number of rotatable bonds is 9. The summed E-state index contributed by atoms with van der Waals surface area (Å²) in [6.07, 6.45) is 4.85. The first kappa shape index (κ1) is 19.9. The summed E-state index contributed by atoms with van der Waals surface area (Å²) in [7, 11) is 0. The molecule has 2 saturated carbocycles. The van der Waals surface area contributed by atoms with E-state index in [2.05, 4.69) is 0 Å². The van der Waals surface area contributed by atoms with Gasteiger partial charge in [-0.1, -0.05) is 0 Å². The third-order valence-electron chi connectivity index (χ3n) is 5.58. The van der Waals surface area contributed by atoms with Crippen LogP contribution in [0.2, 0.25) is 0 Å². The average molecular weight is 370 g/mol. The van der Waals surface area contributed by atoms with Gasteiger partial charge in [-0.3, -0.25) is 0 Å². The molecule has 1 N–H and O–H groups in total. The van der Waals surface area contributed by atoms with E-state index in [1.807, 2.05) is 25.7 Å². The molecule has 1 saturated heterocycles. The fraction of sp³-hybridized carbons (Fsp3) is 0.950. The number of hydrogen-bond donors (Lipinski definition) is 1. The highest BCUT2D eigenvalue weighted by Gasteiger charge is 2.48. The summed E-state index contributed by atoms with van der Waals surface area (Å²) in [5.74, 6) is 2.03. The molecule has 26 heavy (non-hydrogen) atoms. The predicted octanol–water partition coefficient (Wildman–Crippen LogP) is 2.83. The lowest BCUT2D eigenvalue weighted by molar-refractivity contribution is -0.0722. The van der Waals surface area contributed by atoms with Gasteiger partial charge in [-0.05, 0) is 70.6 Å². The highest BCUT2D eigenvalue weighted by Crippen LogP contribution is 2.47. The Morgan fingerprint density at radius 3 is 2.46 bits per heavy atom. The second kappa shape index (κ2) is 8.44. The summed E-state index contributed by atoms with van der Waals surface area (Å²) in [5, 5.41) is 9.19. The van der Waals surface area contributed by atoms with Gasteiger partial charge in [-0.2, -0.15) is 0 Å². The van der Waals surface area contributed by atoms with Crippen LogP contribution in [0.4, 0.5) is 4.79 Å². The number of nitrogens with zero attached hydrogens (tertiary/aromatic N) is 1. The highest BCUT2D eigenvalue weighted by molar-refractivity contribution is 5.69. The fourth-order valence-electron chi connectivity index (χ4n) is 3.76. The molecule has 0 radical (unpaired) electrons. The zero-order valence-corrected chi connectivity index (χ0v) is 16.5. The first-order valence-corrected chi connectivity index (χ1v) is 10.2. The molecule has 2 atom stereocenters. The van der Waals surface area contributed by atoms with Crippen LogP contribution in [0, 0.1) is 17.8 Å². The molecule has 1 amide bonds. The summed E-state index contributed by atoms with van der Waals surface area (Å²) in [6.45, 7) is 9.81. The molecular weight excluding hydrogens is 334 g/mol. The van der Waals surface area contributed by atoms with E-state index in [1.54, 1.807) is 0 Å². The number of ether oxygens (including phenoxy) is 3. The Morgan fingerprint density at radius 2 is 1.81 bits per heavy atom. The molecule has 6 heteroatoms. The van der Waals surface area contributed by atoms with Crippen molar-refractivity contribution in [3.63, 3.8) is 0 Å². The van der Waals surface area contributed by atoms with Gasteiger partial charge in [0.25, 0.3) is 0 Å². The highest BCUT2D eigenvalue weighted by atomic mass is 16.6. The molecule has 3 rings (SSSR count). The third kappa shape index (κ3) is 5.83. The molecular formula is C20H35NO5. The smallest absolute Gasteiger partial charge is 0.410 e. The van der Waals surface area contributed by atoms with Crippen molar-refractivity contribution in [3.05, 3.63) is 0 Å². The first-order valence-electron chi connectivity index (χ1n) is 10.2. The van der Waals surface area contributed by atoms with E-state index < -0.39 is 5.60 Å². The van der Waals surface area contributed by atoms with E-state index in [0.717, 1.165) is 64.5 Å². The molecule has 0 aromatic carbocycles. The summed E-state index contributed by atoms with van der Waals surface area (Å²) in [6, 6.07) is 0. The molecule has 150 valence electrons. The minimum absolute atomic E-state index is 0.137. The maximum Gasteiger partial charge on any atom is 0.410 e. The Hall–Kier alpha value is -0.850. The van der Waals surface area contributed by atoms with E-state index in [1.165, 1.54) is 6.42 Å². The normalized spacial score (nSPS) is 31.3. The Kier molecular flexibility index (Phi) is 6.46. The molecule has 3 aliphatic rings. The summed E-state index contributed by atoms with van der Waals surface area (Å²) >= 11 is 0. The molecule has 0 spiro atoms. The second-order valence-corrected chi connectivity index (χ2v) is 9.21. The van der Waals surface area contributed by atoms with E-state index in [4.69, 9.17) is 14.2 Å². The van der Waals surface area contributed by atoms with Crippen LogP contribution in [0.15, 0.2) is 0 Å². The number of unbranched alkanes of at least 4 members (excludes halogenated alkanes) is 1. The zero-order valence-electron chi connectivity index (χ0n) is 16.5. The van der Waals surface area contributed by atoms with Gasteiger partial charge < -0.3 is 24.2 Å². The van der Waals surface area contributed by atoms with Crippen LogP contribution in [0.5, 0.6) is 0 Å². The minimum atomic E-state index is -0.414. The molecule has 0 unspecified atom stereocenters. The van der Waals surface area contributed by atoms with Gasteiger partial charge in [0.1, 0.15) is 5.60 Å². The molecule has 3 fully saturated rings. The van der Waals surface area contributed by atoms with E-state index in [-0.39, 0.29) is 18.3 Å². The van der Waals surface area contributed by atoms with Crippen LogP contribution in [0.25, 0.3) is 0 Å². The van der Waals surface area contributed by atoms with Gasteiger partial charge in [0.2, 0.25) is 0 Å².